The van der Waals surface area contributed by atoms with Crippen LogP contribution in [0, 0.1) is 25.2 Å². The molecule has 0 bridgehead atoms. The highest BCUT2D eigenvalue weighted by molar-refractivity contribution is 7.89. The first kappa shape index (κ1) is 19.5. The second-order valence-corrected chi connectivity index (χ2v) is 9.29. The molecule has 2 aromatic heterocycles. The monoisotopic (exact) mass is 411 g/mol. The molecule has 9 heteroatoms. The maximum Gasteiger partial charge on any atom is 0.244 e. The average Bonchev–Trinajstić information content (AvgIpc) is 3.11. The van der Waals surface area contributed by atoms with Crippen LogP contribution in [0.2, 0.25) is 0 Å². The predicted octanol–water partition coefficient (Wildman–Crippen LogP) is 0.307. The number of aryl methyl sites for hydroxylation is 2. The number of rotatable bonds is 4. The maximum atomic E-state index is 13.0. The first-order valence-electron chi connectivity index (χ1n) is 9.53. The fourth-order valence-electron chi connectivity index (χ4n) is 3.80. The number of nitriles is 1. The Hall–Kier alpha value is -2.80. The van der Waals surface area contributed by atoms with Crippen LogP contribution in [0.25, 0.3) is 5.78 Å². The fraction of sp³-hybridized carbons (Fsp3) is 0.350. The molecule has 1 aliphatic rings. The molecular formula is C20H23N6O2S+. The van der Waals surface area contributed by atoms with E-state index < -0.39 is 10.0 Å². The van der Waals surface area contributed by atoms with Gasteiger partial charge in [-0.25, -0.2) is 18.4 Å². The van der Waals surface area contributed by atoms with Gasteiger partial charge >= 0.3 is 0 Å². The van der Waals surface area contributed by atoms with Crippen molar-refractivity contribution in [2.24, 2.45) is 0 Å². The molecule has 29 heavy (non-hydrogen) atoms. The van der Waals surface area contributed by atoms with E-state index in [-0.39, 0.29) is 10.5 Å². The van der Waals surface area contributed by atoms with Crippen LogP contribution in [0.15, 0.2) is 41.4 Å². The van der Waals surface area contributed by atoms with Crippen LogP contribution in [0.1, 0.15) is 22.6 Å². The molecule has 8 nitrogen and oxygen atoms in total. The topological polar surface area (TPSA) is 95.8 Å². The number of quaternary nitrogens is 1. The molecule has 3 aromatic rings. The minimum atomic E-state index is -3.66. The van der Waals surface area contributed by atoms with Gasteiger partial charge in [-0.3, -0.25) is 4.40 Å². The minimum Gasteiger partial charge on any atom is -0.328 e. The number of imidazole rings is 1. The Morgan fingerprint density at radius 3 is 2.62 bits per heavy atom. The molecule has 1 fully saturated rings. The van der Waals surface area contributed by atoms with Crippen molar-refractivity contribution in [3.05, 3.63) is 59.2 Å². The van der Waals surface area contributed by atoms with Crippen LogP contribution in [-0.2, 0) is 16.6 Å². The molecule has 150 valence electrons. The van der Waals surface area contributed by atoms with Crippen LogP contribution in [-0.4, -0.2) is 53.3 Å². The van der Waals surface area contributed by atoms with Gasteiger partial charge in [-0.15, -0.1) is 0 Å². The molecule has 0 amide bonds. The van der Waals surface area contributed by atoms with E-state index in [1.165, 1.54) is 21.3 Å². The molecule has 4 rings (SSSR count). The lowest BCUT2D eigenvalue weighted by molar-refractivity contribution is -0.917. The van der Waals surface area contributed by atoms with E-state index in [9.17, 15) is 13.7 Å². The Bertz CT molecular complexity index is 1200. The number of benzene rings is 1. The first-order chi connectivity index (χ1) is 13.9. The van der Waals surface area contributed by atoms with Crippen molar-refractivity contribution in [3.63, 3.8) is 0 Å². The summed E-state index contributed by atoms with van der Waals surface area (Å²) in [5.74, 6) is 0.700. The van der Waals surface area contributed by atoms with E-state index in [4.69, 9.17) is 0 Å². The number of sulfonamides is 1. The van der Waals surface area contributed by atoms with Gasteiger partial charge in [0.25, 0.3) is 0 Å². The highest BCUT2D eigenvalue weighted by atomic mass is 32.2. The zero-order valence-electron chi connectivity index (χ0n) is 16.5. The maximum absolute atomic E-state index is 13.0. The third kappa shape index (κ3) is 3.74. The first-order valence-corrected chi connectivity index (χ1v) is 11.0. The largest absolute Gasteiger partial charge is 0.328 e. The van der Waals surface area contributed by atoms with Crippen LogP contribution in [0.5, 0.6) is 0 Å². The van der Waals surface area contributed by atoms with Gasteiger partial charge in [-0.1, -0.05) is 12.1 Å². The molecular weight excluding hydrogens is 388 g/mol. The summed E-state index contributed by atoms with van der Waals surface area (Å²) in [7, 11) is -3.66. The van der Waals surface area contributed by atoms with Gasteiger partial charge in [0, 0.05) is 17.6 Å². The highest BCUT2D eigenvalue weighted by Crippen LogP contribution is 2.19. The van der Waals surface area contributed by atoms with Crippen molar-refractivity contribution in [3.8, 4) is 6.07 Å². The van der Waals surface area contributed by atoms with Crippen molar-refractivity contribution in [1.29, 1.82) is 5.26 Å². The van der Waals surface area contributed by atoms with Gasteiger partial charge in [-0.05, 0) is 32.0 Å². The molecule has 1 saturated heterocycles. The van der Waals surface area contributed by atoms with Crippen LogP contribution >= 0.6 is 0 Å². The van der Waals surface area contributed by atoms with E-state index >= 15 is 0 Å². The van der Waals surface area contributed by atoms with Crippen molar-refractivity contribution in [1.82, 2.24) is 18.7 Å². The van der Waals surface area contributed by atoms with Crippen LogP contribution in [0.3, 0.4) is 0 Å². The molecule has 0 atom stereocenters. The summed E-state index contributed by atoms with van der Waals surface area (Å²) in [6, 6.07) is 10.4. The third-order valence-electron chi connectivity index (χ3n) is 5.30. The number of aromatic nitrogens is 3. The van der Waals surface area contributed by atoms with Gasteiger partial charge in [0.15, 0.2) is 0 Å². The van der Waals surface area contributed by atoms with E-state index in [1.807, 2.05) is 36.6 Å². The number of nitrogens with zero attached hydrogens (tertiary/aromatic N) is 5. The molecule has 0 radical (unpaired) electrons. The van der Waals surface area contributed by atoms with E-state index in [0.29, 0.717) is 32.0 Å². The van der Waals surface area contributed by atoms with E-state index in [2.05, 4.69) is 9.97 Å². The lowest BCUT2D eigenvalue weighted by Gasteiger charge is -2.31. The van der Waals surface area contributed by atoms with Gasteiger partial charge in [0.1, 0.15) is 18.3 Å². The molecule has 1 N–H and O–H groups in total. The van der Waals surface area contributed by atoms with Gasteiger partial charge in [0.05, 0.1) is 36.6 Å². The molecule has 0 unspecified atom stereocenters. The Kier molecular flexibility index (Phi) is 5.08. The Morgan fingerprint density at radius 1 is 1.17 bits per heavy atom. The van der Waals surface area contributed by atoms with Crippen LogP contribution < -0.4 is 4.90 Å². The lowest BCUT2D eigenvalue weighted by atomic mass is 10.2. The number of nitrogens with one attached hydrogen (secondary N) is 1. The second kappa shape index (κ2) is 7.55. The summed E-state index contributed by atoms with van der Waals surface area (Å²) >= 11 is 0. The van der Waals surface area contributed by atoms with Crippen molar-refractivity contribution < 1.29 is 13.3 Å². The smallest absolute Gasteiger partial charge is 0.244 e. The quantitative estimate of drug-likeness (QED) is 0.667. The van der Waals surface area contributed by atoms with Crippen LogP contribution in [0.4, 0.5) is 0 Å². The zero-order chi connectivity index (χ0) is 20.6. The summed E-state index contributed by atoms with van der Waals surface area (Å²) in [6.45, 7) is 6.92. The number of piperazine rings is 1. The highest BCUT2D eigenvalue weighted by Gasteiger charge is 2.32. The number of fused-ring (bicyclic) bond motifs is 1. The fourth-order valence-corrected chi connectivity index (χ4v) is 5.39. The molecule has 0 aliphatic carbocycles. The summed E-state index contributed by atoms with van der Waals surface area (Å²) < 4.78 is 29.4. The summed E-state index contributed by atoms with van der Waals surface area (Å²) in [5, 5.41) is 9.23. The third-order valence-corrected chi connectivity index (χ3v) is 7.25. The number of hydrogen-bond donors (Lipinski definition) is 1. The van der Waals surface area contributed by atoms with Gasteiger partial charge in [0.2, 0.25) is 15.8 Å². The SMILES string of the molecule is Cc1cc(C)n2cc(C[NH+]3CCN(S(=O)(=O)c4ccccc4C#N)CC3)nc2n1. The molecule has 0 saturated carbocycles. The minimum absolute atomic E-state index is 0.0863. The van der Waals surface area contributed by atoms with E-state index in [1.54, 1.807) is 12.1 Å². The van der Waals surface area contributed by atoms with E-state index in [0.717, 1.165) is 23.6 Å². The summed E-state index contributed by atoms with van der Waals surface area (Å²) in [6.07, 6.45) is 2.01. The van der Waals surface area contributed by atoms with Gasteiger partial charge < -0.3 is 4.90 Å². The average molecular weight is 412 g/mol. The van der Waals surface area contributed by atoms with Crippen molar-refractivity contribution >= 4 is 15.8 Å². The second-order valence-electron chi connectivity index (χ2n) is 7.38. The van der Waals surface area contributed by atoms with Crippen molar-refractivity contribution in [2.75, 3.05) is 26.2 Å². The Labute approximate surface area is 170 Å². The standard InChI is InChI=1S/C20H22N6O2S/c1-15-11-16(2)26-14-18(23-20(26)22-15)13-24-7-9-25(10-8-24)29(27,28)19-6-4-3-5-17(19)12-21/h3-6,11,14H,7-10,13H2,1-2H3/p+1. The normalized spacial score (nSPS) is 16.2. The molecule has 1 aliphatic heterocycles. The zero-order valence-corrected chi connectivity index (χ0v) is 17.3. The summed E-state index contributed by atoms with van der Waals surface area (Å²) in [5.41, 5.74) is 3.17. The number of hydrogen-bond acceptors (Lipinski definition) is 5. The van der Waals surface area contributed by atoms with Crippen molar-refractivity contribution in [2.45, 2.75) is 25.3 Å². The molecule has 1 aromatic carbocycles. The predicted molar refractivity (Wildman–Crippen MR) is 107 cm³/mol. The Morgan fingerprint density at radius 2 is 1.90 bits per heavy atom. The lowest BCUT2D eigenvalue weighted by Crippen LogP contribution is -3.13. The Balaban J connectivity index is 1.46. The molecule has 0 spiro atoms. The molecule has 3 heterocycles. The summed E-state index contributed by atoms with van der Waals surface area (Å²) in [4.78, 5) is 10.5. The van der Waals surface area contributed by atoms with Gasteiger partial charge in [-0.2, -0.15) is 9.57 Å².